The van der Waals surface area contributed by atoms with Crippen LogP contribution in [0.2, 0.25) is 0 Å². The number of rotatable bonds is 3. The van der Waals surface area contributed by atoms with E-state index in [1.807, 2.05) is 12.1 Å². The van der Waals surface area contributed by atoms with Gasteiger partial charge in [-0.05, 0) is 48.4 Å². The van der Waals surface area contributed by atoms with Crippen LogP contribution in [0.4, 0.5) is 4.39 Å². The van der Waals surface area contributed by atoms with E-state index >= 15 is 0 Å². The second-order valence-electron chi connectivity index (χ2n) is 4.20. The van der Waals surface area contributed by atoms with E-state index in [-0.39, 0.29) is 0 Å². The number of hydrogen-bond donors (Lipinski definition) is 0. The topological polar surface area (TPSA) is 9.23 Å². The molecule has 0 saturated carbocycles. The van der Waals surface area contributed by atoms with Gasteiger partial charge >= 0.3 is 0 Å². The molecule has 1 unspecified atom stereocenters. The van der Waals surface area contributed by atoms with Gasteiger partial charge in [-0.1, -0.05) is 19.4 Å². The number of hydrogen-bond acceptors (Lipinski definition) is 1. The van der Waals surface area contributed by atoms with Crippen LogP contribution in [0.1, 0.15) is 30.9 Å². The molecule has 1 atom stereocenters. The highest BCUT2D eigenvalue weighted by molar-refractivity contribution is 5.37. The van der Waals surface area contributed by atoms with Gasteiger partial charge in [0.05, 0.1) is 0 Å². The molecule has 1 aliphatic carbocycles. The first-order valence-electron chi connectivity index (χ1n) is 5.64. The zero-order valence-electron chi connectivity index (χ0n) is 9.13. The van der Waals surface area contributed by atoms with Crippen LogP contribution in [0.15, 0.2) is 18.2 Å². The minimum atomic E-state index is -0.740. The third-order valence-corrected chi connectivity index (χ3v) is 3.31. The van der Waals surface area contributed by atoms with Crippen molar-refractivity contribution in [2.75, 3.05) is 6.86 Å². The van der Waals surface area contributed by atoms with E-state index in [0.29, 0.717) is 5.75 Å². The first-order chi connectivity index (χ1) is 7.33. The normalized spacial score (nSPS) is 19.7. The summed E-state index contributed by atoms with van der Waals surface area (Å²) in [5.74, 6) is 1.48. The van der Waals surface area contributed by atoms with E-state index in [9.17, 15) is 4.39 Å². The molecule has 0 bridgehead atoms. The van der Waals surface area contributed by atoms with Crippen molar-refractivity contribution in [3.05, 3.63) is 29.3 Å². The molecule has 0 amide bonds. The third-order valence-electron chi connectivity index (χ3n) is 3.31. The van der Waals surface area contributed by atoms with Crippen LogP contribution >= 0.6 is 0 Å². The average molecular weight is 208 g/mol. The van der Waals surface area contributed by atoms with E-state index in [1.165, 1.54) is 30.4 Å². The first kappa shape index (κ1) is 10.5. The fraction of sp³-hybridized carbons (Fsp3) is 0.538. The minimum absolute atomic E-state index is 0.659. The summed E-state index contributed by atoms with van der Waals surface area (Å²) >= 11 is 0. The Kier molecular flexibility index (Phi) is 3.24. The Balaban J connectivity index is 2.17. The average Bonchev–Trinajstić information content (AvgIpc) is 2.29. The number of alkyl halides is 1. The molecule has 82 valence electrons. The Morgan fingerprint density at radius 1 is 1.40 bits per heavy atom. The molecule has 2 heteroatoms. The van der Waals surface area contributed by atoms with Gasteiger partial charge in [0.1, 0.15) is 5.75 Å². The van der Waals surface area contributed by atoms with Crippen LogP contribution < -0.4 is 4.74 Å². The summed E-state index contributed by atoms with van der Waals surface area (Å²) in [4.78, 5) is 0. The van der Waals surface area contributed by atoms with Crippen molar-refractivity contribution in [2.24, 2.45) is 5.92 Å². The fourth-order valence-corrected chi connectivity index (χ4v) is 2.31. The van der Waals surface area contributed by atoms with Crippen LogP contribution in [0.5, 0.6) is 5.75 Å². The number of fused-ring (bicyclic) bond motifs is 1. The van der Waals surface area contributed by atoms with Gasteiger partial charge in [-0.3, -0.25) is 0 Å². The van der Waals surface area contributed by atoms with E-state index in [2.05, 4.69) is 13.0 Å². The predicted octanol–water partition coefficient (Wildman–Crippen LogP) is 3.51. The highest BCUT2D eigenvalue weighted by Gasteiger charge is 2.17. The smallest absolute Gasteiger partial charge is 0.228 e. The number of benzene rings is 1. The maximum Gasteiger partial charge on any atom is 0.228 e. The molecule has 15 heavy (non-hydrogen) atoms. The molecule has 1 aliphatic rings. The van der Waals surface area contributed by atoms with E-state index in [4.69, 9.17) is 4.74 Å². The molecule has 0 spiro atoms. The summed E-state index contributed by atoms with van der Waals surface area (Å²) in [7, 11) is 0. The maximum atomic E-state index is 12.0. The van der Waals surface area contributed by atoms with Crippen LogP contribution in [0.25, 0.3) is 0 Å². The second-order valence-corrected chi connectivity index (χ2v) is 4.20. The Morgan fingerprint density at radius 3 is 3.00 bits per heavy atom. The van der Waals surface area contributed by atoms with Gasteiger partial charge in [0.25, 0.3) is 0 Å². The summed E-state index contributed by atoms with van der Waals surface area (Å²) in [5.41, 5.74) is 2.75. The molecule has 0 saturated heterocycles. The van der Waals surface area contributed by atoms with Gasteiger partial charge in [-0.15, -0.1) is 0 Å². The summed E-state index contributed by atoms with van der Waals surface area (Å²) in [5, 5.41) is 0. The molecular formula is C13H17FO. The van der Waals surface area contributed by atoms with Gasteiger partial charge < -0.3 is 4.74 Å². The molecule has 0 radical (unpaired) electrons. The summed E-state index contributed by atoms with van der Waals surface area (Å²) in [6, 6.07) is 5.94. The van der Waals surface area contributed by atoms with Crippen molar-refractivity contribution in [1.29, 1.82) is 0 Å². The Hall–Kier alpha value is -1.05. The van der Waals surface area contributed by atoms with Crippen LogP contribution in [0, 0.1) is 5.92 Å². The molecule has 2 rings (SSSR count). The van der Waals surface area contributed by atoms with Gasteiger partial charge in [0, 0.05) is 0 Å². The lowest BCUT2D eigenvalue weighted by atomic mass is 9.82. The monoisotopic (exact) mass is 208 g/mol. The summed E-state index contributed by atoms with van der Waals surface area (Å²) in [6.07, 6.45) is 4.78. The Labute approximate surface area is 90.3 Å². The standard InChI is InChI=1S/C13H17FO/c1-2-10-3-4-12-8-13(15-9-14)6-5-11(12)7-10/h5-6,8,10H,2-4,7,9H2,1H3. The van der Waals surface area contributed by atoms with Crippen molar-refractivity contribution >= 4 is 0 Å². The zero-order chi connectivity index (χ0) is 10.7. The predicted molar refractivity (Wildman–Crippen MR) is 58.9 cm³/mol. The molecular weight excluding hydrogens is 191 g/mol. The summed E-state index contributed by atoms with van der Waals surface area (Å²) < 4.78 is 16.9. The molecule has 1 aromatic rings. The van der Waals surface area contributed by atoms with Crippen molar-refractivity contribution < 1.29 is 9.13 Å². The molecule has 0 aliphatic heterocycles. The van der Waals surface area contributed by atoms with Crippen molar-refractivity contribution in [2.45, 2.75) is 32.6 Å². The lowest BCUT2D eigenvalue weighted by molar-refractivity contribution is 0.191. The van der Waals surface area contributed by atoms with Crippen LogP contribution in [-0.4, -0.2) is 6.86 Å². The van der Waals surface area contributed by atoms with Gasteiger partial charge in [-0.25, -0.2) is 4.39 Å². The number of ether oxygens (including phenoxy) is 1. The first-order valence-corrected chi connectivity index (χ1v) is 5.64. The van der Waals surface area contributed by atoms with Crippen molar-refractivity contribution in [1.82, 2.24) is 0 Å². The number of aryl methyl sites for hydroxylation is 1. The maximum absolute atomic E-state index is 12.0. The van der Waals surface area contributed by atoms with Crippen molar-refractivity contribution in [3.63, 3.8) is 0 Å². The quantitative estimate of drug-likeness (QED) is 0.738. The largest absolute Gasteiger partial charge is 0.463 e. The SMILES string of the molecule is CCC1CCc2cc(OCF)ccc2C1. The Morgan fingerprint density at radius 2 is 2.27 bits per heavy atom. The Bertz CT molecular complexity index is 335. The number of halogens is 1. The highest BCUT2D eigenvalue weighted by atomic mass is 19.1. The molecule has 1 nitrogen and oxygen atoms in total. The third kappa shape index (κ3) is 2.31. The zero-order valence-corrected chi connectivity index (χ0v) is 9.13. The fourth-order valence-electron chi connectivity index (χ4n) is 2.31. The van der Waals surface area contributed by atoms with Crippen LogP contribution in [0.3, 0.4) is 0 Å². The minimum Gasteiger partial charge on any atom is -0.463 e. The van der Waals surface area contributed by atoms with E-state index in [1.54, 1.807) is 0 Å². The summed E-state index contributed by atoms with van der Waals surface area (Å²) in [6.45, 7) is 1.51. The van der Waals surface area contributed by atoms with Gasteiger partial charge in [0.15, 0.2) is 0 Å². The van der Waals surface area contributed by atoms with Crippen LogP contribution in [-0.2, 0) is 12.8 Å². The molecule has 0 fully saturated rings. The molecule has 0 N–H and O–H groups in total. The molecule has 0 aromatic heterocycles. The van der Waals surface area contributed by atoms with Gasteiger partial charge in [-0.2, -0.15) is 0 Å². The van der Waals surface area contributed by atoms with E-state index < -0.39 is 6.86 Å². The van der Waals surface area contributed by atoms with Gasteiger partial charge in [0.2, 0.25) is 6.86 Å². The van der Waals surface area contributed by atoms with Crippen molar-refractivity contribution in [3.8, 4) is 5.75 Å². The van der Waals surface area contributed by atoms with E-state index in [0.717, 1.165) is 12.3 Å². The second kappa shape index (κ2) is 4.65. The highest BCUT2D eigenvalue weighted by Crippen LogP contribution is 2.29. The molecule has 1 aromatic carbocycles. The lowest BCUT2D eigenvalue weighted by Crippen LogP contribution is -2.13. The lowest BCUT2D eigenvalue weighted by Gasteiger charge is -2.23. The molecule has 0 heterocycles.